The minimum atomic E-state index is -4.77. The zero-order chi connectivity index (χ0) is 20.2. The summed E-state index contributed by atoms with van der Waals surface area (Å²) in [7, 11) is -4.77. The third kappa shape index (κ3) is 13.4. The fourth-order valence-electron chi connectivity index (χ4n) is 2.75. The molecule has 0 bridgehead atoms. The van der Waals surface area contributed by atoms with Gasteiger partial charge in [0, 0.05) is 0 Å². The van der Waals surface area contributed by atoms with E-state index in [-0.39, 0.29) is 57.5 Å². The Balaban J connectivity index is 0. The Bertz CT molecular complexity index is 510. The number of rotatable bonds is 14. The van der Waals surface area contributed by atoms with Gasteiger partial charge in [0.25, 0.3) is 10.1 Å². The summed E-state index contributed by atoms with van der Waals surface area (Å²) < 4.78 is 43.1. The van der Waals surface area contributed by atoms with Gasteiger partial charge in [-0.1, -0.05) is 53.4 Å². The van der Waals surface area contributed by atoms with E-state index in [0.29, 0.717) is 25.7 Å². The molecule has 0 aliphatic rings. The van der Waals surface area contributed by atoms with Gasteiger partial charge in [-0.3, -0.25) is 14.1 Å². The van der Waals surface area contributed by atoms with E-state index in [2.05, 4.69) is 0 Å². The second-order valence-electron chi connectivity index (χ2n) is 6.53. The predicted octanol–water partition coefficient (Wildman–Crippen LogP) is 3.01. The standard InChI is InChI=1S/C18H34O7S.K.H/c1-5-9-14(10-6-2)24-17(19)13-16(26(21,22)23)18(20)25-15(11-7-3)12-8-4;;/h14-16H,5-13H2,1-4H3,(H,21,22,23);;. The average Bonchev–Trinajstić information content (AvgIpc) is 2.52. The maximum absolute atomic E-state index is 12.3. The summed E-state index contributed by atoms with van der Waals surface area (Å²) >= 11 is 0. The Labute approximate surface area is 206 Å². The van der Waals surface area contributed by atoms with Crippen LogP contribution >= 0.6 is 0 Å². The number of carbonyl (C=O) groups is 2. The van der Waals surface area contributed by atoms with E-state index in [0.717, 1.165) is 25.7 Å². The summed E-state index contributed by atoms with van der Waals surface area (Å²) in [4.78, 5) is 24.3. The van der Waals surface area contributed by atoms with Crippen LogP contribution in [0.5, 0.6) is 0 Å². The Morgan fingerprint density at radius 1 is 0.815 bits per heavy atom. The first kappa shape index (κ1) is 29.7. The van der Waals surface area contributed by atoms with Crippen molar-refractivity contribution in [3.05, 3.63) is 0 Å². The zero-order valence-corrected chi connectivity index (χ0v) is 17.2. The molecule has 0 radical (unpaired) electrons. The molecule has 0 amide bonds. The molecule has 27 heavy (non-hydrogen) atoms. The molecule has 1 unspecified atom stereocenters. The first-order chi connectivity index (χ1) is 12.2. The third-order valence-corrected chi connectivity index (χ3v) is 5.08. The number of esters is 2. The van der Waals surface area contributed by atoms with Crippen LogP contribution in [-0.4, -0.2) is 93.8 Å². The quantitative estimate of drug-likeness (QED) is 0.254. The molecule has 0 aromatic heterocycles. The van der Waals surface area contributed by atoms with Gasteiger partial charge in [0.2, 0.25) is 0 Å². The monoisotopic (exact) mass is 434 g/mol. The van der Waals surface area contributed by atoms with E-state index >= 15 is 0 Å². The molecule has 0 saturated heterocycles. The van der Waals surface area contributed by atoms with Crippen LogP contribution in [0.1, 0.15) is 85.5 Å². The van der Waals surface area contributed by atoms with Crippen LogP contribution in [-0.2, 0) is 29.2 Å². The topological polar surface area (TPSA) is 107 Å². The summed E-state index contributed by atoms with van der Waals surface area (Å²) in [6.07, 6.45) is 4.20. The van der Waals surface area contributed by atoms with E-state index < -0.39 is 39.8 Å². The van der Waals surface area contributed by atoms with Crippen molar-refractivity contribution in [3.8, 4) is 0 Å². The summed E-state index contributed by atoms with van der Waals surface area (Å²) in [5, 5.41) is -1.95. The first-order valence-electron chi connectivity index (χ1n) is 9.55. The second kappa shape index (κ2) is 16.3. The third-order valence-electron chi connectivity index (χ3n) is 4.00. The van der Waals surface area contributed by atoms with Crippen molar-refractivity contribution in [2.24, 2.45) is 0 Å². The van der Waals surface area contributed by atoms with Crippen LogP contribution in [0.2, 0.25) is 0 Å². The van der Waals surface area contributed by atoms with Crippen molar-refractivity contribution in [1.82, 2.24) is 0 Å². The van der Waals surface area contributed by atoms with Crippen molar-refractivity contribution < 1.29 is 32.0 Å². The molecule has 1 atom stereocenters. The molecule has 0 aliphatic carbocycles. The van der Waals surface area contributed by atoms with E-state index in [4.69, 9.17) is 9.47 Å². The van der Waals surface area contributed by atoms with E-state index in [1.807, 2.05) is 27.7 Å². The number of hydrogen-bond donors (Lipinski definition) is 1. The van der Waals surface area contributed by atoms with Gasteiger partial charge in [0.05, 0.1) is 6.42 Å². The summed E-state index contributed by atoms with van der Waals surface area (Å²) in [6, 6.07) is 0. The summed E-state index contributed by atoms with van der Waals surface area (Å²) in [5.74, 6) is -1.92. The second-order valence-corrected chi connectivity index (χ2v) is 8.13. The van der Waals surface area contributed by atoms with Gasteiger partial charge in [-0.25, -0.2) is 0 Å². The van der Waals surface area contributed by atoms with Gasteiger partial charge in [-0.2, -0.15) is 8.42 Å². The molecule has 9 heteroatoms. The fourth-order valence-corrected chi connectivity index (χ4v) is 3.39. The fraction of sp³-hybridized carbons (Fsp3) is 0.889. The Morgan fingerprint density at radius 2 is 1.19 bits per heavy atom. The molecule has 0 aliphatic heterocycles. The molecular formula is C18H35KO7S. The SMILES string of the molecule is CCCC(CCC)OC(=O)CC(C(=O)OC(CCC)CCC)S(=O)(=O)O.[KH]. The first-order valence-corrected chi connectivity index (χ1v) is 11.1. The zero-order valence-electron chi connectivity index (χ0n) is 16.4. The summed E-state index contributed by atoms with van der Waals surface area (Å²) in [6.45, 7) is 7.76. The number of ether oxygens (including phenoxy) is 2. The molecule has 156 valence electrons. The molecule has 0 aromatic rings. The molecule has 0 heterocycles. The van der Waals surface area contributed by atoms with Crippen molar-refractivity contribution in [3.63, 3.8) is 0 Å². The Morgan fingerprint density at radius 3 is 1.52 bits per heavy atom. The molecule has 0 fully saturated rings. The van der Waals surface area contributed by atoms with Crippen LogP contribution in [0.4, 0.5) is 0 Å². The minimum absolute atomic E-state index is 0. The van der Waals surface area contributed by atoms with Crippen molar-refractivity contribution in [2.45, 2.75) is 103 Å². The summed E-state index contributed by atoms with van der Waals surface area (Å²) in [5.41, 5.74) is 0. The molecule has 0 aromatic carbocycles. The normalized spacial score (nSPS) is 12.6. The van der Waals surface area contributed by atoms with E-state index in [1.165, 1.54) is 0 Å². The number of carbonyl (C=O) groups excluding carboxylic acids is 2. The maximum atomic E-state index is 12.3. The van der Waals surface area contributed by atoms with E-state index in [9.17, 15) is 22.6 Å². The van der Waals surface area contributed by atoms with Gasteiger partial charge < -0.3 is 9.47 Å². The molecular weight excluding hydrogens is 399 g/mol. The van der Waals surface area contributed by atoms with Crippen molar-refractivity contribution in [2.75, 3.05) is 0 Å². The van der Waals surface area contributed by atoms with Crippen molar-refractivity contribution in [1.29, 1.82) is 0 Å². The van der Waals surface area contributed by atoms with Gasteiger partial charge in [-0.05, 0) is 25.7 Å². The average molecular weight is 435 g/mol. The number of hydrogen-bond acceptors (Lipinski definition) is 6. The van der Waals surface area contributed by atoms with Crippen LogP contribution in [0.3, 0.4) is 0 Å². The van der Waals surface area contributed by atoms with Crippen LogP contribution in [0.25, 0.3) is 0 Å². The van der Waals surface area contributed by atoms with Gasteiger partial charge >= 0.3 is 63.3 Å². The van der Waals surface area contributed by atoms with Gasteiger partial charge in [0.15, 0.2) is 5.25 Å². The molecule has 0 spiro atoms. The molecule has 7 nitrogen and oxygen atoms in total. The van der Waals surface area contributed by atoms with Gasteiger partial charge in [0.1, 0.15) is 12.2 Å². The van der Waals surface area contributed by atoms with E-state index in [1.54, 1.807) is 0 Å². The Kier molecular flexibility index (Phi) is 17.9. The van der Waals surface area contributed by atoms with Gasteiger partial charge in [-0.15, -0.1) is 0 Å². The van der Waals surface area contributed by atoms with Crippen LogP contribution in [0, 0.1) is 0 Å². The molecule has 1 N–H and O–H groups in total. The Hall–Kier alpha value is 0.486. The van der Waals surface area contributed by atoms with Crippen LogP contribution < -0.4 is 0 Å². The van der Waals surface area contributed by atoms with Crippen LogP contribution in [0.15, 0.2) is 0 Å². The van der Waals surface area contributed by atoms with Crippen molar-refractivity contribution >= 4 is 73.4 Å². The predicted molar refractivity (Wildman–Crippen MR) is 106 cm³/mol. The molecule has 0 saturated carbocycles. The molecule has 0 rings (SSSR count).